The van der Waals surface area contributed by atoms with Crippen LogP contribution in [-0.2, 0) is 19.1 Å². The second-order valence-electron chi connectivity index (χ2n) is 5.54. The van der Waals surface area contributed by atoms with Crippen LogP contribution in [0.3, 0.4) is 0 Å². The van der Waals surface area contributed by atoms with Crippen LogP contribution in [0, 0.1) is 0 Å². The van der Waals surface area contributed by atoms with E-state index in [1.165, 1.54) is 12.1 Å². The number of ether oxygens (including phenoxy) is 1. The van der Waals surface area contributed by atoms with E-state index in [1.807, 2.05) is 6.92 Å². The van der Waals surface area contributed by atoms with Crippen LogP contribution in [-0.4, -0.2) is 30.3 Å². The minimum atomic E-state index is -0.502. The number of carbonyl (C=O) groups is 4. The SMILES string of the molecule is CCCCC(=O)Nc1ccc(C(=O)NNC(=O)CCC(=O)OCC)cc1. The summed E-state index contributed by atoms with van der Waals surface area (Å²) in [6.07, 6.45) is 2.08. The standard InChI is InChI=1S/C18H25N3O5/c1-3-5-6-15(22)19-14-9-7-13(8-10-14)18(25)21-20-16(23)11-12-17(24)26-4-2/h7-10H,3-6,11-12H2,1-2H3,(H,19,22)(H,20,23)(H,21,25). The summed E-state index contributed by atoms with van der Waals surface area (Å²) in [5.41, 5.74) is 5.42. The van der Waals surface area contributed by atoms with Crippen molar-refractivity contribution < 1.29 is 23.9 Å². The maximum Gasteiger partial charge on any atom is 0.306 e. The molecule has 8 heteroatoms. The van der Waals surface area contributed by atoms with Gasteiger partial charge in [-0.2, -0.15) is 0 Å². The minimum Gasteiger partial charge on any atom is -0.466 e. The Morgan fingerprint density at radius 2 is 1.58 bits per heavy atom. The van der Waals surface area contributed by atoms with Gasteiger partial charge in [-0.05, 0) is 37.6 Å². The molecule has 0 aromatic heterocycles. The molecule has 0 radical (unpaired) electrons. The molecule has 0 heterocycles. The van der Waals surface area contributed by atoms with E-state index in [0.717, 1.165) is 12.8 Å². The molecule has 0 fully saturated rings. The molecule has 3 amide bonds. The van der Waals surface area contributed by atoms with E-state index in [9.17, 15) is 19.2 Å². The van der Waals surface area contributed by atoms with Crippen LogP contribution in [0.1, 0.15) is 56.3 Å². The zero-order valence-electron chi connectivity index (χ0n) is 15.1. The topological polar surface area (TPSA) is 114 Å². The quantitative estimate of drug-likeness (QED) is 0.458. The third kappa shape index (κ3) is 8.27. The highest BCUT2D eigenvalue weighted by Gasteiger charge is 2.10. The Morgan fingerprint density at radius 3 is 2.19 bits per heavy atom. The number of unbranched alkanes of at least 4 members (excludes halogenated alkanes) is 1. The van der Waals surface area contributed by atoms with E-state index in [4.69, 9.17) is 4.74 Å². The second kappa shape index (κ2) is 11.6. The molecule has 1 aromatic rings. The van der Waals surface area contributed by atoms with Crippen molar-refractivity contribution in [3.8, 4) is 0 Å². The summed E-state index contributed by atoms with van der Waals surface area (Å²) < 4.78 is 4.71. The van der Waals surface area contributed by atoms with Crippen molar-refractivity contribution in [1.82, 2.24) is 10.9 Å². The molecule has 3 N–H and O–H groups in total. The summed E-state index contributed by atoms with van der Waals surface area (Å²) in [5.74, 6) is -1.53. The molecule has 26 heavy (non-hydrogen) atoms. The van der Waals surface area contributed by atoms with Crippen LogP contribution < -0.4 is 16.2 Å². The Morgan fingerprint density at radius 1 is 0.885 bits per heavy atom. The molecule has 0 bridgehead atoms. The lowest BCUT2D eigenvalue weighted by atomic mass is 10.2. The summed E-state index contributed by atoms with van der Waals surface area (Å²) in [4.78, 5) is 46.3. The van der Waals surface area contributed by atoms with Crippen LogP contribution in [0.4, 0.5) is 5.69 Å². The Kier molecular flexibility index (Phi) is 9.45. The molecule has 1 aromatic carbocycles. The van der Waals surface area contributed by atoms with Gasteiger partial charge >= 0.3 is 5.97 Å². The van der Waals surface area contributed by atoms with Gasteiger partial charge in [0.2, 0.25) is 11.8 Å². The summed E-state index contributed by atoms with van der Waals surface area (Å²) in [6, 6.07) is 6.30. The number of rotatable bonds is 9. The molecular formula is C18H25N3O5. The molecule has 142 valence electrons. The van der Waals surface area contributed by atoms with Gasteiger partial charge in [0.25, 0.3) is 5.91 Å². The number of hydrazine groups is 1. The van der Waals surface area contributed by atoms with E-state index < -0.39 is 17.8 Å². The number of esters is 1. The normalized spacial score (nSPS) is 9.92. The van der Waals surface area contributed by atoms with E-state index in [0.29, 0.717) is 17.7 Å². The molecule has 0 unspecified atom stereocenters. The fourth-order valence-electron chi connectivity index (χ4n) is 1.98. The lowest BCUT2D eigenvalue weighted by Crippen LogP contribution is -2.41. The molecule has 0 spiro atoms. The van der Waals surface area contributed by atoms with Gasteiger partial charge in [0.15, 0.2) is 0 Å². The zero-order chi connectivity index (χ0) is 19.4. The number of carbonyl (C=O) groups excluding carboxylic acids is 4. The highest BCUT2D eigenvalue weighted by atomic mass is 16.5. The van der Waals surface area contributed by atoms with Crippen molar-refractivity contribution >= 4 is 29.4 Å². The maximum absolute atomic E-state index is 12.0. The van der Waals surface area contributed by atoms with Crippen molar-refractivity contribution in [1.29, 1.82) is 0 Å². The van der Waals surface area contributed by atoms with Crippen molar-refractivity contribution in [3.63, 3.8) is 0 Å². The van der Waals surface area contributed by atoms with Gasteiger partial charge in [-0.3, -0.25) is 30.0 Å². The molecule has 0 aliphatic heterocycles. The minimum absolute atomic E-state index is 0.0536. The summed E-state index contributed by atoms with van der Waals surface area (Å²) in [6.45, 7) is 3.95. The van der Waals surface area contributed by atoms with Crippen molar-refractivity contribution in [2.75, 3.05) is 11.9 Å². The molecule has 0 aliphatic rings. The Bertz CT molecular complexity index is 628. The molecule has 0 aliphatic carbocycles. The number of anilines is 1. The third-order valence-corrected chi connectivity index (χ3v) is 3.37. The predicted molar refractivity (Wildman–Crippen MR) is 96.1 cm³/mol. The first-order valence-electron chi connectivity index (χ1n) is 8.61. The number of nitrogens with one attached hydrogen (secondary N) is 3. The Labute approximate surface area is 152 Å². The van der Waals surface area contributed by atoms with Crippen molar-refractivity contribution in [3.05, 3.63) is 29.8 Å². The first kappa shape index (κ1) is 21.1. The molecular weight excluding hydrogens is 338 g/mol. The van der Waals surface area contributed by atoms with Gasteiger partial charge in [0.1, 0.15) is 0 Å². The number of hydrogen-bond acceptors (Lipinski definition) is 5. The fraction of sp³-hybridized carbons (Fsp3) is 0.444. The zero-order valence-corrected chi connectivity index (χ0v) is 15.1. The van der Waals surface area contributed by atoms with E-state index >= 15 is 0 Å². The monoisotopic (exact) mass is 363 g/mol. The Hall–Kier alpha value is -2.90. The summed E-state index contributed by atoms with van der Waals surface area (Å²) in [7, 11) is 0. The van der Waals surface area contributed by atoms with Crippen LogP contribution in [0.5, 0.6) is 0 Å². The third-order valence-electron chi connectivity index (χ3n) is 3.37. The van der Waals surface area contributed by atoms with Crippen molar-refractivity contribution in [2.45, 2.75) is 46.0 Å². The smallest absolute Gasteiger partial charge is 0.306 e. The predicted octanol–water partition coefficient (Wildman–Crippen LogP) is 1.92. The summed E-state index contributed by atoms with van der Waals surface area (Å²) in [5, 5.41) is 2.75. The molecule has 1 rings (SSSR count). The largest absolute Gasteiger partial charge is 0.466 e. The average molecular weight is 363 g/mol. The average Bonchev–Trinajstić information content (AvgIpc) is 2.63. The molecule has 0 atom stereocenters. The van der Waals surface area contributed by atoms with Gasteiger partial charge < -0.3 is 10.1 Å². The maximum atomic E-state index is 12.0. The van der Waals surface area contributed by atoms with Gasteiger partial charge in [-0.1, -0.05) is 13.3 Å². The van der Waals surface area contributed by atoms with Gasteiger partial charge in [0.05, 0.1) is 13.0 Å². The lowest BCUT2D eigenvalue weighted by molar-refractivity contribution is -0.144. The van der Waals surface area contributed by atoms with Crippen LogP contribution in [0.15, 0.2) is 24.3 Å². The van der Waals surface area contributed by atoms with Crippen LogP contribution in [0.2, 0.25) is 0 Å². The van der Waals surface area contributed by atoms with Gasteiger partial charge in [0, 0.05) is 24.1 Å². The first-order chi connectivity index (χ1) is 12.5. The highest BCUT2D eigenvalue weighted by molar-refractivity contribution is 5.96. The second-order valence-corrected chi connectivity index (χ2v) is 5.54. The van der Waals surface area contributed by atoms with E-state index in [1.54, 1.807) is 19.1 Å². The number of amides is 3. The van der Waals surface area contributed by atoms with Crippen molar-refractivity contribution in [2.24, 2.45) is 0 Å². The van der Waals surface area contributed by atoms with Gasteiger partial charge in [-0.25, -0.2) is 0 Å². The Balaban J connectivity index is 2.39. The molecule has 0 saturated carbocycles. The highest BCUT2D eigenvalue weighted by Crippen LogP contribution is 2.10. The van der Waals surface area contributed by atoms with Crippen LogP contribution >= 0.6 is 0 Å². The summed E-state index contributed by atoms with van der Waals surface area (Å²) >= 11 is 0. The lowest BCUT2D eigenvalue weighted by Gasteiger charge is -2.08. The number of hydrogen-bond donors (Lipinski definition) is 3. The molecule has 8 nitrogen and oxygen atoms in total. The first-order valence-corrected chi connectivity index (χ1v) is 8.61. The van der Waals surface area contributed by atoms with E-state index in [2.05, 4.69) is 16.2 Å². The van der Waals surface area contributed by atoms with E-state index in [-0.39, 0.29) is 25.4 Å². The van der Waals surface area contributed by atoms with Gasteiger partial charge in [-0.15, -0.1) is 0 Å². The molecule has 0 saturated heterocycles. The number of benzene rings is 1. The van der Waals surface area contributed by atoms with Crippen LogP contribution in [0.25, 0.3) is 0 Å². The fourth-order valence-corrected chi connectivity index (χ4v) is 1.98.